The summed E-state index contributed by atoms with van der Waals surface area (Å²) in [5.41, 5.74) is 0. The van der Waals surface area contributed by atoms with E-state index in [1.54, 1.807) is 0 Å². The van der Waals surface area contributed by atoms with Gasteiger partial charge in [-0.2, -0.15) is 5.26 Å². The Labute approximate surface area is 113 Å². The molecule has 0 aliphatic carbocycles. The van der Waals surface area contributed by atoms with Gasteiger partial charge in [0.05, 0.1) is 12.0 Å². The van der Waals surface area contributed by atoms with Crippen LogP contribution in [0.4, 0.5) is 0 Å². The van der Waals surface area contributed by atoms with Gasteiger partial charge in [0.25, 0.3) is 0 Å². The van der Waals surface area contributed by atoms with E-state index >= 15 is 0 Å². The summed E-state index contributed by atoms with van der Waals surface area (Å²) in [6.45, 7) is 0. The van der Waals surface area contributed by atoms with Gasteiger partial charge in [0.1, 0.15) is 0 Å². The van der Waals surface area contributed by atoms with Gasteiger partial charge in [0.15, 0.2) is 7.59 Å². The lowest BCUT2D eigenvalue weighted by atomic mass is 10.1. The zero-order chi connectivity index (χ0) is 11.4. The number of rotatable bonds is 3. The van der Waals surface area contributed by atoms with Gasteiger partial charge in [-0.15, -0.1) is 0 Å². The summed E-state index contributed by atoms with van der Waals surface area (Å²) in [6, 6.07) is 1.97. The van der Waals surface area contributed by atoms with Crippen molar-refractivity contribution in [2.75, 3.05) is 0 Å². The van der Waals surface area contributed by atoms with E-state index in [-0.39, 0.29) is 0 Å². The Morgan fingerprint density at radius 3 is 1.71 bits per heavy atom. The van der Waals surface area contributed by atoms with E-state index in [0.29, 0.717) is 19.3 Å². The second-order valence-electron chi connectivity index (χ2n) is 2.69. The Kier molecular flexibility index (Phi) is 6.62. The molecule has 0 aliphatic heterocycles. The molecule has 0 saturated carbocycles. The molecule has 0 N–H and O–H groups in total. The average Bonchev–Trinajstić information content (AvgIpc) is 1.92. The van der Waals surface area contributed by atoms with Gasteiger partial charge in [-0.1, -0.05) is 69.6 Å². The van der Waals surface area contributed by atoms with E-state index < -0.39 is 13.5 Å². The molecule has 7 heteroatoms. The molecule has 1 nitrogen and oxygen atoms in total. The van der Waals surface area contributed by atoms with Gasteiger partial charge in [0.2, 0.25) is 0 Å². The van der Waals surface area contributed by atoms with Crippen LogP contribution in [0.25, 0.3) is 0 Å². The van der Waals surface area contributed by atoms with E-state index in [0.717, 1.165) is 0 Å². The second-order valence-corrected chi connectivity index (χ2v) is 7.42. The molecular formula is C7H7Cl6N. The lowest BCUT2D eigenvalue weighted by Crippen LogP contribution is -2.31. The van der Waals surface area contributed by atoms with Crippen LogP contribution in [0.1, 0.15) is 19.3 Å². The molecule has 82 valence electrons. The minimum absolute atomic E-state index is 0.345. The highest BCUT2D eigenvalue weighted by Gasteiger charge is 2.45. The van der Waals surface area contributed by atoms with Gasteiger partial charge < -0.3 is 0 Å². The molecule has 0 radical (unpaired) electrons. The van der Waals surface area contributed by atoms with Crippen LogP contribution in [-0.2, 0) is 0 Å². The summed E-state index contributed by atoms with van der Waals surface area (Å²) in [5, 5.41) is 8.34. The van der Waals surface area contributed by atoms with E-state index in [2.05, 4.69) is 0 Å². The van der Waals surface area contributed by atoms with Crippen LogP contribution in [0.2, 0.25) is 0 Å². The Morgan fingerprint density at radius 2 is 1.43 bits per heavy atom. The summed E-state index contributed by atoms with van der Waals surface area (Å²) in [5.74, 6) is -0.724. The fourth-order valence-corrected chi connectivity index (χ4v) is 3.04. The molecule has 0 heterocycles. The normalized spacial score (nSPS) is 13.0. The zero-order valence-electron chi connectivity index (χ0n) is 6.91. The molecule has 0 bridgehead atoms. The lowest BCUT2D eigenvalue weighted by molar-refractivity contribution is 0.488. The lowest BCUT2D eigenvalue weighted by Gasteiger charge is -2.30. The van der Waals surface area contributed by atoms with Crippen molar-refractivity contribution in [3.05, 3.63) is 0 Å². The summed E-state index contributed by atoms with van der Waals surface area (Å²) >= 11 is 33.9. The SMILES string of the molecule is N#CCCCC(C(Cl)(Cl)Cl)C(Cl)(Cl)Cl. The Bertz CT molecular complexity index is 196. The van der Waals surface area contributed by atoms with Crippen molar-refractivity contribution in [1.29, 1.82) is 5.26 Å². The van der Waals surface area contributed by atoms with Crippen molar-refractivity contribution in [2.45, 2.75) is 26.8 Å². The predicted molar refractivity (Wildman–Crippen MR) is 63.5 cm³/mol. The van der Waals surface area contributed by atoms with Crippen molar-refractivity contribution >= 4 is 69.6 Å². The first-order chi connectivity index (χ1) is 6.19. The van der Waals surface area contributed by atoms with Crippen molar-refractivity contribution in [3.63, 3.8) is 0 Å². The van der Waals surface area contributed by atoms with Crippen LogP contribution in [0, 0.1) is 17.2 Å². The summed E-state index contributed by atoms with van der Waals surface area (Å²) < 4.78 is -3.28. The average molecular weight is 318 g/mol. The van der Waals surface area contributed by atoms with Crippen LogP contribution in [-0.4, -0.2) is 7.59 Å². The van der Waals surface area contributed by atoms with Crippen LogP contribution >= 0.6 is 69.6 Å². The minimum atomic E-state index is -1.64. The largest absolute Gasteiger partial charge is 0.198 e. The summed E-state index contributed by atoms with van der Waals surface area (Å²) in [7, 11) is 0. The number of nitrogens with zero attached hydrogens (tertiary/aromatic N) is 1. The topological polar surface area (TPSA) is 23.8 Å². The predicted octanol–water partition coefficient (Wildman–Crippen LogP) is 5.04. The number of hydrogen-bond acceptors (Lipinski definition) is 1. The van der Waals surface area contributed by atoms with Gasteiger partial charge in [-0.3, -0.25) is 0 Å². The van der Waals surface area contributed by atoms with E-state index in [1.807, 2.05) is 6.07 Å². The van der Waals surface area contributed by atoms with E-state index in [9.17, 15) is 0 Å². The summed E-state index contributed by atoms with van der Waals surface area (Å²) in [6.07, 6.45) is 1.25. The standard InChI is InChI=1S/C7H7Cl6N/c8-6(9,10)5(7(11,12)13)3-1-2-4-14/h5H,1-3H2. The fraction of sp³-hybridized carbons (Fsp3) is 0.857. The Hall–Kier alpha value is 1.23. The minimum Gasteiger partial charge on any atom is -0.198 e. The van der Waals surface area contributed by atoms with Gasteiger partial charge in [-0.05, 0) is 12.8 Å². The molecule has 0 spiro atoms. The third-order valence-corrected chi connectivity index (χ3v) is 3.15. The number of halogens is 6. The maximum Gasteiger partial charge on any atom is 0.197 e. The van der Waals surface area contributed by atoms with Gasteiger partial charge in [0, 0.05) is 6.42 Å². The van der Waals surface area contributed by atoms with Crippen LogP contribution in [0.5, 0.6) is 0 Å². The smallest absolute Gasteiger partial charge is 0.197 e. The molecule has 14 heavy (non-hydrogen) atoms. The van der Waals surface area contributed by atoms with Crippen molar-refractivity contribution in [3.8, 4) is 6.07 Å². The molecule has 0 saturated heterocycles. The zero-order valence-corrected chi connectivity index (χ0v) is 11.4. The first kappa shape index (κ1) is 15.2. The number of hydrogen-bond donors (Lipinski definition) is 0. The fourth-order valence-electron chi connectivity index (χ4n) is 0.898. The van der Waals surface area contributed by atoms with Gasteiger partial charge >= 0.3 is 0 Å². The maximum absolute atomic E-state index is 8.34. The Morgan fingerprint density at radius 1 is 1.00 bits per heavy atom. The molecule has 0 rings (SSSR count). The maximum atomic E-state index is 8.34. The Balaban J connectivity index is 4.37. The first-order valence-electron chi connectivity index (χ1n) is 3.70. The number of nitriles is 1. The van der Waals surface area contributed by atoms with Gasteiger partial charge in [-0.25, -0.2) is 0 Å². The molecule has 0 aliphatic rings. The van der Waals surface area contributed by atoms with E-state index in [1.165, 1.54) is 0 Å². The van der Waals surface area contributed by atoms with Crippen molar-refractivity contribution in [1.82, 2.24) is 0 Å². The molecule has 0 aromatic carbocycles. The monoisotopic (exact) mass is 315 g/mol. The van der Waals surface area contributed by atoms with Crippen LogP contribution in [0.3, 0.4) is 0 Å². The molecule has 0 amide bonds. The second kappa shape index (κ2) is 6.09. The summed E-state index contributed by atoms with van der Waals surface area (Å²) in [4.78, 5) is 0. The third-order valence-electron chi connectivity index (χ3n) is 1.57. The van der Waals surface area contributed by atoms with Crippen LogP contribution < -0.4 is 0 Å². The molecule has 0 unspecified atom stereocenters. The quantitative estimate of drug-likeness (QED) is 0.528. The van der Waals surface area contributed by atoms with Crippen LogP contribution in [0.15, 0.2) is 0 Å². The van der Waals surface area contributed by atoms with E-state index in [4.69, 9.17) is 74.9 Å². The third kappa shape index (κ3) is 5.95. The van der Waals surface area contributed by atoms with Crippen molar-refractivity contribution in [2.24, 2.45) is 5.92 Å². The number of alkyl halides is 6. The van der Waals surface area contributed by atoms with Crippen molar-refractivity contribution < 1.29 is 0 Å². The highest BCUT2D eigenvalue weighted by molar-refractivity contribution is 6.72. The highest BCUT2D eigenvalue weighted by atomic mass is 35.6. The first-order valence-corrected chi connectivity index (χ1v) is 5.96. The molecule has 0 aromatic heterocycles. The molecule has 0 aromatic rings. The molecular weight excluding hydrogens is 311 g/mol. The highest BCUT2D eigenvalue weighted by Crippen LogP contribution is 2.50. The molecule has 0 fully saturated rings. The molecule has 0 atom stereocenters. The number of unbranched alkanes of at least 4 members (excludes halogenated alkanes) is 1.